The van der Waals surface area contributed by atoms with Gasteiger partial charge < -0.3 is 14.8 Å². The van der Waals surface area contributed by atoms with E-state index in [9.17, 15) is 12.6 Å². The third-order valence-corrected chi connectivity index (χ3v) is 8.09. The van der Waals surface area contributed by atoms with Crippen LogP contribution in [0.15, 0.2) is 77.8 Å². The van der Waals surface area contributed by atoms with Crippen molar-refractivity contribution in [3.8, 4) is 16.9 Å². The molecule has 0 saturated carbocycles. The molecule has 0 saturated heterocycles. The Labute approximate surface area is 234 Å². The maximum Gasteiger partial charge on any atom is 0.241 e. The van der Waals surface area contributed by atoms with Crippen molar-refractivity contribution in [3.05, 3.63) is 83.1 Å². The molecular formula is C26H26Cl2N4O4S2. The first-order valence-corrected chi connectivity index (χ1v) is 15.4. The number of fused-ring (bicyclic) bond motifs is 1. The monoisotopic (exact) mass is 592 g/mol. The highest BCUT2D eigenvalue weighted by molar-refractivity contribution is 7.89. The number of rotatable bonds is 12. The van der Waals surface area contributed by atoms with Gasteiger partial charge in [-0.3, -0.25) is 0 Å². The van der Waals surface area contributed by atoms with E-state index in [1.807, 2.05) is 30.3 Å². The first-order chi connectivity index (χ1) is 18.2. The van der Waals surface area contributed by atoms with Crippen molar-refractivity contribution in [1.29, 1.82) is 0 Å². The van der Waals surface area contributed by atoms with Crippen LogP contribution in [-0.2, 0) is 21.0 Å². The second-order valence-electron chi connectivity index (χ2n) is 8.23. The van der Waals surface area contributed by atoms with E-state index in [1.165, 1.54) is 6.20 Å². The maximum atomic E-state index is 12.9. The summed E-state index contributed by atoms with van der Waals surface area (Å²) in [5.41, 5.74) is 2.40. The standard InChI is InChI=1S/C26H26Cl2N4O4S2/c1-37(33)32-20-5-2-4-18(16-20)23-17-19(27)8-9-24(23)36-15-14-29-12-13-31-38(34,35)25-7-3-6-22-21(25)10-11-30-26(22)28/h2-11,16-17,29,31-32H,12-15H2,1H3. The van der Waals surface area contributed by atoms with Crippen molar-refractivity contribution in [2.24, 2.45) is 0 Å². The lowest BCUT2D eigenvalue weighted by Gasteiger charge is -2.14. The van der Waals surface area contributed by atoms with Gasteiger partial charge in [-0.15, -0.1) is 0 Å². The Hall–Kier alpha value is -2.73. The average molecular weight is 594 g/mol. The molecule has 1 unspecified atom stereocenters. The lowest BCUT2D eigenvalue weighted by atomic mass is 10.0. The lowest BCUT2D eigenvalue weighted by molar-refractivity contribution is 0.316. The van der Waals surface area contributed by atoms with Crippen LogP contribution in [0.3, 0.4) is 0 Å². The van der Waals surface area contributed by atoms with Crippen LogP contribution < -0.4 is 19.5 Å². The predicted octanol–water partition coefficient (Wildman–Crippen LogP) is 4.86. The van der Waals surface area contributed by atoms with Crippen LogP contribution in [0.5, 0.6) is 5.75 Å². The van der Waals surface area contributed by atoms with E-state index < -0.39 is 21.0 Å². The molecule has 0 spiro atoms. The zero-order valence-electron chi connectivity index (χ0n) is 20.4. The summed E-state index contributed by atoms with van der Waals surface area (Å²) in [6.07, 6.45) is 3.05. The van der Waals surface area contributed by atoms with E-state index in [2.05, 4.69) is 19.7 Å². The van der Waals surface area contributed by atoms with Gasteiger partial charge in [-0.25, -0.2) is 22.3 Å². The van der Waals surface area contributed by atoms with Crippen LogP contribution in [0.4, 0.5) is 5.69 Å². The van der Waals surface area contributed by atoms with Gasteiger partial charge in [0.15, 0.2) is 0 Å². The van der Waals surface area contributed by atoms with E-state index >= 15 is 0 Å². The van der Waals surface area contributed by atoms with Crippen LogP contribution >= 0.6 is 23.2 Å². The summed E-state index contributed by atoms with van der Waals surface area (Å²) in [5.74, 6) is 0.649. The molecule has 3 aromatic carbocycles. The third-order valence-electron chi connectivity index (χ3n) is 5.51. The summed E-state index contributed by atoms with van der Waals surface area (Å²) < 4.78 is 48.7. The molecule has 200 valence electrons. The van der Waals surface area contributed by atoms with E-state index in [0.717, 1.165) is 16.8 Å². The van der Waals surface area contributed by atoms with E-state index in [1.54, 1.807) is 42.7 Å². The second kappa shape index (κ2) is 12.9. The largest absolute Gasteiger partial charge is 0.492 e. The van der Waals surface area contributed by atoms with Gasteiger partial charge in [0.2, 0.25) is 10.0 Å². The van der Waals surface area contributed by atoms with Crippen LogP contribution in [0.25, 0.3) is 21.9 Å². The molecule has 1 atom stereocenters. The zero-order chi connectivity index (χ0) is 27.1. The van der Waals surface area contributed by atoms with Crippen LogP contribution in [0.2, 0.25) is 10.2 Å². The molecule has 0 amide bonds. The van der Waals surface area contributed by atoms with Crippen LogP contribution in [-0.4, -0.2) is 50.1 Å². The van der Waals surface area contributed by atoms with Gasteiger partial charge >= 0.3 is 0 Å². The molecule has 4 aromatic rings. The highest BCUT2D eigenvalue weighted by Crippen LogP contribution is 2.34. The Kier molecular flexibility index (Phi) is 9.59. The fraction of sp³-hybridized carbons (Fsp3) is 0.192. The molecule has 38 heavy (non-hydrogen) atoms. The normalized spacial score (nSPS) is 12.4. The zero-order valence-corrected chi connectivity index (χ0v) is 23.6. The Balaban J connectivity index is 1.30. The number of hydrogen-bond donors (Lipinski definition) is 3. The summed E-state index contributed by atoms with van der Waals surface area (Å²) in [4.78, 5) is 4.16. The van der Waals surface area contributed by atoms with E-state index in [-0.39, 0.29) is 16.6 Å². The number of anilines is 1. The number of benzene rings is 3. The fourth-order valence-electron chi connectivity index (χ4n) is 3.86. The number of nitrogens with zero attached hydrogens (tertiary/aromatic N) is 1. The predicted molar refractivity (Wildman–Crippen MR) is 155 cm³/mol. The molecular weight excluding hydrogens is 567 g/mol. The van der Waals surface area contributed by atoms with Gasteiger partial charge in [0.1, 0.15) is 28.5 Å². The summed E-state index contributed by atoms with van der Waals surface area (Å²) in [5, 5.41) is 5.10. The number of nitrogens with one attached hydrogen (secondary N) is 3. The van der Waals surface area contributed by atoms with Crippen molar-refractivity contribution in [1.82, 2.24) is 15.0 Å². The molecule has 0 aliphatic carbocycles. The van der Waals surface area contributed by atoms with Crippen LogP contribution in [0, 0.1) is 0 Å². The van der Waals surface area contributed by atoms with Crippen molar-refractivity contribution in [2.75, 3.05) is 37.2 Å². The molecule has 0 radical (unpaired) electrons. The van der Waals surface area contributed by atoms with Gasteiger partial charge in [-0.05, 0) is 48.0 Å². The minimum absolute atomic E-state index is 0.155. The molecule has 0 aliphatic heterocycles. The Morgan fingerprint density at radius 3 is 2.58 bits per heavy atom. The number of hydrogen-bond acceptors (Lipinski definition) is 6. The van der Waals surface area contributed by atoms with Crippen LogP contribution in [0.1, 0.15) is 0 Å². The first kappa shape index (κ1) is 28.3. The molecule has 0 fully saturated rings. The topological polar surface area (TPSA) is 109 Å². The highest BCUT2D eigenvalue weighted by atomic mass is 35.5. The van der Waals surface area contributed by atoms with Crippen molar-refractivity contribution >= 4 is 60.7 Å². The highest BCUT2D eigenvalue weighted by Gasteiger charge is 2.17. The van der Waals surface area contributed by atoms with E-state index in [4.69, 9.17) is 27.9 Å². The quantitative estimate of drug-likeness (QED) is 0.160. The lowest BCUT2D eigenvalue weighted by Crippen LogP contribution is -2.33. The van der Waals surface area contributed by atoms with E-state index in [0.29, 0.717) is 41.2 Å². The van der Waals surface area contributed by atoms with Crippen molar-refractivity contribution < 1.29 is 17.4 Å². The minimum Gasteiger partial charge on any atom is -0.492 e. The summed E-state index contributed by atoms with van der Waals surface area (Å²) >= 11 is 12.3. The fourth-order valence-corrected chi connectivity index (χ4v) is 5.96. The third kappa shape index (κ3) is 7.22. The minimum atomic E-state index is -3.74. The summed E-state index contributed by atoms with van der Waals surface area (Å²) in [6, 6.07) is 19.4. The number of pyridine rings is 1. The van der Waals surface area contributed by atoms with Crippen molar-refractivity contribution in [3.63, 3.8) is 0 Å². The summed E-state index contributed by atoms with van der Waals surface area (Å²) in [7, 11) is -4.93. The Morgan fingerprint density at radius 2 is 1.76 bits per heavy atom. The molecule has 4 rings (SSSR count). The molecule has 1 aromatic heterocycles. The Bertz CT molecular complexity index is 1570. The molecule has 12 heteroatoms. The smallest absolute Gasteiger partial charge is 0.241 e. The van der Waals surface area contributed by atoms with Gasteiger partial charge in [0, 0.05) is 59.1 Å². The van der Waals surface area contributed by atoms with Crippen molar-refractivity contribution in [2.45, 2.75) is 4.90 Å². The molecule has 8 nitrogen and oxygen atoms in total. The molecule has 3 N–H and O–H groups in total. The van der Waals surface area contributed by atoms with Gasteiger partial charge in [0.25, 0.3) is 0 Å². The van der Waals surface area contributed by atoms with Gasteiger partial charge in [0.05, 0.1) is 4.90 Å². The number of aromatic nitrogens is 1. The SMILES string of the molecule is CS(=O)Nc1cccc(-c2cc(Cl)ccc2OCCNCCNS(=O)(=O)c2cccc3c(Cl)nccc23)c1. The Morgan fingerprint density at radius 1 is 0.947 bits per heavy atom. The molecule has 0 bridgehead atoms. The second-order valence-corrected chi connectivity index (χ2v) is 11.9. The number of sulfonamides is 1. The molecule has 0 aliphatic rings. The summed E-state index contributed by atoms with van der Waals surface area (Å²) in [6.45, 7) is 1.45. The number of ether oxygens (including phenoxy) is 1. The van der Waals surface area contributed by atoms with Gasteiger partial charge in [-0.1, -0.05) is 47.5 Å². The first-order valence-electron chi connectivity index (χ1n) is 11.6. The van der Waals surface area contributed by atoms with Gasteiger partial charge in [-0.2, -0.15) is 0 Å². The molecule has 1 heterocycles. The number of halogens is 2. The maximum absolute atomic E-state index is 12.9. The average Bonchev–Trinajstić information content (AvgIpc) is 2.88.